The summed E-state index contributed by atoms with van der Waals surface area (Å²) in [6, 6.07) is 17.3. The molecule has 1 atom stereocenters. The Kier molecular flexibility index (Phi) is 6.40. The van der Waals surface area contributed by atoms with Crippen LogP contribution in [0.25, 0.3) is 0 Å². The van der Waals surface area contributed by atoms with Crippen LogP contribution in [-0.4, -0.2) is 49.1 Å². The van der Waals surface area contributed by atoms with Gasteiger partial charge < -0.3 is 10.2 Å². The van der Waals surface area contributed by atoms with Crippen molar-refractivity contribution in [2.24, 2.45) is 5.92 Å². The average molecular weight is 407 g/mol. The molecule has 160 valence electrons. The number of fused-ring (bicyclic) bond motifs is 1. The summed E-state index contributed by atoms with van der Waals surface area (Å²) >= 11 is 0. The van der Waals surface area contributed by atoms with Gasteiger partial charge in [-0.25, -0.2) is 0 Å². The molecule has 5 nitrogen and oxygen atoms in total. The number of amides is 1. The van der Waals surface area contributed by atoms with Crippen molar-refractivity contribution in [2.75, 3.05) is 32.1 Å². The summed E-state index contributed by atoms with van der Waals surface area (Å²) in [5.41, 5.74) is 5.46. The Hall–Kier alpha value is -2.37. The first-order valence-electron chi connectivity index (χ1n) is 11.1. The van der Waals surface area contributed by atoms with E-state index in [0.29, 0.717) is 6.54 Å². The maximum atomic E-state index is 11.7. The number of likely N-dealkylation sites (N-methyl/N-ethyl adjacent to an activating group) is 1. The first-order valence-corrected chi connectivity index (χ1v) is 11.1. The molecule has 2 aliphatic rings. The van der Waals surface area contributed by atoms with Crippen molar-refractivity contribution in [2.45, 2.75) is 45.6 Å². The molecule has 5 heteroatoms. The zero-order valence-corrected chi connectivity index (χ0v) is 18.5. The van der Waals surface area contributed by atoms with Crippen molar-refractivity contribution >= 4 is 11.6 Å². The van der Waals surface area contributed by atoms with E-state index in [-0.39, 0.29) is 12.1 Å². The van der Waals surface area contributed by atoms with Crippen LogP contribution < -0.4 is 10.2 Å². The Morgan fingerprint density at radius 1 is 1.10 bits per heavy atom. The van der Waals surface area contributed by atoms with Crippen molar-refractivity contribution in [3.63, 3.8) is 0 Å². The number of nitrogens with one attached hydrogen (secondary N) is 1. The highest BCUT2D eigenvalue weighted by Gasteiger charge is 2.31. The third-order valence-corrected chi connectivity index (χ3v) is 6.23. The Morgan fingerprint density at radius 3 is 2.53 bits per heavy atom. The third-order valence-electron chi connectivity index (χ3n) is 6.23. The maximum absolute atomic E-state index is 11.7. The standard InChI is InChI=1S/C25H34N4O/c1-19(30)26-14-25(27(2)3)29(16-20-8-5-4-6-9-20)24-11-7-10-22-17-28(18-23(22)24)15-21-12-13-21/h4-11,21,25H,12-18H2,1-3H3,(H,26,30). The monoisotopic (exact) mass is 406 g/mol. The van der Waals surface area contributed by atoms with Crippen LogP contribution >= 0.6 is 0 Å². The smallest absolute Gasteiger partial charge is 0.216 e. The van der Waals surface area contributed by atoms with Crippen LogP contribution in [0.15, 0.2) is 48.5 Å². The van der Waals surface area contributed by atoms with Crippen LogP contribution in [0.5, 0.6) is 0 Å². The number of carbonyl (C=O) groups is 1. The molecule has 0 saturated heterocycles. The van der Waals surface area contributed by atoms with Gasteiger partial charge in [0.05, 0.1) is 12.7 Å². The molecule has 4 rings (SSSR count). The summed E-state index contributed by atoms with van der Waals surface area (Å²) in [5.74, 6) is 0.910. The van der Waals surface area contributed by atoms with Gasteiger partial charge in [0.1, 0.15) is 0 Å². The average Bonchev–Trinajstić information content (AvgIpc) is 3.43. The van der Waals surface area contributed by atoms with Crippen LogP contribution in [0.3, 0.4) is 0 Å². The highest BCUT2D eigenvalue weighted by atomic mass is 16.1. The summed E-state index contributed by atoms with van der Waals surface area (Å²) in [4.78, 5) is 18.9. The highest BCUT2D eigenvalue weighted by molar-refractivity contribution is 5.73. The van der Waals surface area contributed by atoms with Crippen molar-refractivity contribution in [1.29, 1.82) is 0 Å². The zero-order chi connectivity index (χ0) is 21.1. The summed E-state index contributed by atoms with van der Waals surface area (Å²) in [5, 5.41) is 3.04. The van der Waals surface area contributed by atoms with Crippen molar-refractivity contribution in [1.82, 2.24) is 15.1 Å². The van der Waals surface area contributed by atoms with Gasteiger partial charge >= 0.3 is 0 Å². The minimum absolute atomic E-state index is 0.00964. The van der Waals surface area contributed by atoms with Gasteiger partial charge in [-0.05, 0) is 55.6 Å². The number of carbonyl (C=O) groups excluding carboxylic acids is 1. The second-order valence-electron chi connectivity index (χ2n) is 9.02. The Bertz CT molecular complexity index is 863. The molecule has 1 heterocycles. The van der Waals surface area contributed by atoms with E-state index in [4.69, 9.17) is 0 Å². The van der Waals surface area contributed by atoms with E-state index in [2.05, 4.69) is 82.6 Å². The van der Waals surface area contributed by atoms with Gasteiger partial charge in [-0.2, -0.15) is 0 Å². The predicted octanol–water partition coefficient (Wildman–Crippen LogP) is 3.44. The summed E-state index contributed by atoms with van der Waals surface area (Å²) in [6.45, 7) is 6.28. The Balaban J connectivity index is 1.65. The lowest BCUT2D eigenvalue weighted by Crippen LogP contribution is -2.51. The largest absolute Gasteiger partial charge is 0.353 e. The quantitative estimate of drug-likeness (QED) is 0.648. The molecular formula is C25H34N4O. The van der Waals surface area contributed by atoms with Gasteiger partial charge in [-0.3, -0.25) is 14.6 Å². The van der Waals surface area contributed by atoms with E-state index >= 15 is 0 Å². The molecule has 1 amide bonds. The third kappa shape index (κ3) is 5.02. The van der Waals surface area contributed by atoms with E-state index in [1.807, 2.05) is 0 Å². The van der Waals surface area contributed by atoms with Crippen LogP contribution in [0.4, 0.5) is 5.69 Å². The van der Waals surface area contributed by atoms with Gasteiger partial charge in [0.2, 0.25) is 5.91 Å². The molecule has 1 aliphatic carbocycles. The first-order chi connectivity index (χ1) is 14.5. The number of hydrogen-bond donors (Lipinski definition) is 1. The van der Waals surface area contributed by atoms with Gasteiger partial charge in [-0.1, -0.05) is 42.5 Å². The zero-order valence-electron chi connectivity index (χ0n) is 18.5. The number of rotatable bonds is 9. The summed E-state index contributed by atoms with van der Waals surface area (Å²) in [7, 11) is 4.18. The Labute approximate surface area is 180 Å². The number of anilines is 1. The summed E-state index contributed by atoms with van der Waals surface area (Å²) < 4.78 is 0. The fourth-order valence-electron chi connectivity index (χ4n) is 4.47. The lowest BCUT2D eigenvalue weighted by molar-refractivity contribution is -0.119. The van der Waals surface area contributed by atoms with Crippen molar-refractivity contribution in [3.05, 3.63) is 65.2 Å². The van der Waals surface area contributed by atoms with Gasteiger partial charge in [0.15, 0.2) is 0 Å². The first kappa shape index (κ1) is 20.9. The number of hydrogen-bond acceptors (Lipinski definition) is 4. The molecule has 2 aromatic rings. The molecule has 0 bridgehead atoms. The fourth-order valence-corrected chi connectivity index (χ4v) is 4.47. The van der Waals surface area contributed by atoms with E-state index in [1.165, 1.54) is 41.8 Å². The van der Waals surface area contributed by atoms with Crippen LogP contribution in [0.1, 0.15) is 36.5 Å². The normalized spacial score (nSPS) is 17.1. The van der Waals surface area contributed by atoms with Crippen molar-refractivity contribution in [3.8, 4) is 0 Å². The fraction of sp³-hybridized carbons (Fsp3) is 0.480. The molecular weight excluding hydrogens is 372 g/mol. The maximum Gasteiger partial charge on any atom is 0.216 e. The van der Waals surface area contributed by atoms with E-state index in [9.17, 15) is 4.79 Å². The van der Waals surface area contributed by atoms with E-state index in [0.717, 1.165) is 25.6 Å². The minimum Gasteiger partial charge on any atom is -0.353 e. The molecule has 2 aromatic carbocycles. The van der Waals surface area contributed by atoms with Gasteiger partial charge in [0, 0.05) is 38.8 Å². The van der Waals surface area contributed by atoms with Crippen molar-refractivity contribution < 1.29 is 4.79 Å². The van der Waals surface area contributed by atoms with E-state index < -0.39 is 0 Å². The van der Waals surface area contributed by atoms with Crippen LogP contribution in [-0.2, 0) is 24.4 Å². The van der Waals surface area contributed by atoms with Gasteiger partial charge in [0.25, 0.3) is 0 Å². The SMILES string of the molecule is CC(=O)NCC(N(C)C)N(Cc1ccccc1)c1cccc2c1CN(CC1CC1)C2. The number of benzene rings is 2. The Morgan fingerprint density at radius 2 is 1.87 bits per heavy atom. The summed E-state index contributed by atoms with van der Waals surface area (Å²) in [6.07, 6.45) is 2.84. The molecule has 1 aliphatic heterocycles. The highest BCUT2D eigenvalue weighted by Crippen LogP contribution is 2.37. The molecule has 30 heavy (non-hydrogen) atoms. The molecule has 1 fully saturated rings. The topological polar surface area (TPSA) is 38.8 Å². The van der Waals surface area contributed by atoms with Crippen LogP contribution in [0.2, 0.25) is 0 Å². The van der Waals surface area contributed by atoms with Crippen LogP contribution in [0, 0.1) is 5.92 Å². The molecule has 0 aromatic heterocycles. The number of nitrogens with zero attached hydrogens (tertiary/aromatic N) is 3. The molecule has 0 spiro atoms. The second kappa shape index (κ2) is 9.19. The lowest BCUT2D eigenvalue weighted by Gasteiger charge is -2.39. The predicted molar refractivity (Wildman–Crippen MR) is 122 cm³/mol. The molecule has 1 saturated carbocycles. The van der Waals surface area contributed by atoms with Gasteiger partial charge in [-0.15, -0.1) is 0 Å². The molecule has 1 unspecified atom stereocenters. The molecule has 0 radical (unpaired) electrons. The molecule has 1 N–H and O–H groups in total. The second-order valence-corrected chi connectivity index (χ2v) is 9.02. The lowest BCUT2D eigenvalue weighted by atomic mass is 10.1. The van der Waals surface area contributed by atoms with E-state index in [1.54, 1.807) is 6.92 Å². The minimum atomic E-state index is 0.00964.